The average Bonchev–Trinajstić information content (AvgIpc) is 2.32. The molecule has 0 saturated heterocycles. The van der Waals surface area contributed by atoms with Gasteiger partial charge in [0.2, 0.25) is 9.92 Å². The van der Waals surface area contributed by atoms with E-state index in [4.69, 9.17) is 4.43 Å². The molecule has 0 aromatic heterocycles. The molecular formula is C13H31NOSi. The molecule has 2 nitrogen and oxygen atoms in total. The highest BCUT2D eigenvalue weighted by molar-refractivity contribution is 6.23. The van der Waals surface area contributed by atoms with Crippen LogP contribution in [-0.2, 0) is 4.43 Å². The molecule has 0 bridgehead atoms. The fourth-order valence-corrected chi connectivity index (χ4v) is 3.35. The molecule has 2 atom stereocenters. The summed E-state index contributed by atoms with van der Waals surface area (Å²) in [5, 5.41) is 0. The first-order chi connectivity index (χ1) is 7.67. The monoisotopic (exact) mass is 245 g/mol. The van der Waals surface area contributed by atoms with Gasteiger partial charge in [0.05, 0.1) is 0 Å². The highest BCUT2D eigenvalue weighted by Crippen LogP contribution is 2.10. The summed E-state index contributed by atoms with van der Waals surface area (Å²) in [5.41, 5.74) is 0. The van der Waals surface area contributed by atoms with E-state index in [0.29, 0.717) is 12.1 Å². The van der Waals surface area contributed by atoms with Gasteiger partial charge >= 0.3 is 0 Å². The summed E-state index contributed by atoms with van der Waals surface area (Å²) in [7, 11) is -0.486. The maximum Gasteiger partial charge on any atom is 0.238 e. The second-order valence-electron chi connectivity index (χ2n) is 4.77. The molecule has 0 aromatic carbocycles. The molecule has 2 unspecified atom stereocenters. The second-order valence-corrected chi connectivity index (χ2v) is 6.17. The van der Waals surface area contributed by atoms with Gasteiger partial charge in [-0.2, -0.15) is 0 Å². The lowest BCUT2D eigenvalue weighted by atomic mass is 10.2. The van der Waals surface area contributed by atoms with Crippen LogP contribution in [0.3, 0.4) is 0 Å². The number of hydrogen-bond acceptors (Lipinski definition) is 2. The summed E-state index contributed by atoms with van der Waals surface area (Å²) >= 11 is 0. The Morgan fingerprint density at radius 3 is 2.00 bits per heavy atom. The van der Waals surface area contributed by atoms with Gasteiger partial charge in [0.1, 0.15) is 0 Å². The van der Waals surface area contributed by atoms with Crippen molar-refractivity contribution < 1.29 is 4.43 Å². The van der Waals surface area contributed by atoms with Crippen LogP contribution in [-0.4, -0.2) is 33.2 Å². The van der Waals surface area contributed by atoms with Crippen molar-refractivity contribution in [2.24, 2.45) is 0 Å². The van der Waals surface area contributed by atoms with E-state index in [1.165, 1.54) is 32.1 Å². The Hall–Kier alpha value is 0.137. The Balaban J connectivity index is 3.83. The lowest BCUT2D eigenvalue weighted by Gasteiger charge is -2.33. The van der Waals surface area contributed by atoms with Crippen LogP contribution in [0.1, 0.15) is 66.7 Å². The molecule has 0 radical (unpaired) electrons. The molecule has 16 heavy (non-hydrogen) atoms. The minimum atomic E-state index is -0.486. The summed E-state index contributed by atoms with van der Waals surface area (Å²) in [5.74, 6) is 0. The average molecular weight is 245 g/mol. The van der Waals surface area contributed by atoms with Gasteiger partial charge < -0.3 is 8.99 Å². The van der Waals surface area contributed by atoms with Gasteiger partial charge in [0.15, 0.2) is 0 Å². The minimum Gasteiger partial charge on any atom is -0.408 e. The molecule has 0 aliphatic heterocycles. The largest absolute Gasteiger partial charge is 0.408 e. The van der Waals surface area contributed by atoms with Gasteiger partial charge in [-0.15, -0.1) is 0 Å². The molecular weight excluding hydrogens is 214 g/mol. The van der Waals surface area contributed by atoms with E-state index in [-0.39, 0.29) is 0 Å². The van der Waals surface area contributed by atoms with Crippen molar-refractivity contribution in [3.8, 4) is 0 Å². The fourth-order valence-electron chi connectivity index (χ4n) is 1.78. The number of unbranched alkanes of at least 4 members (excludes halogenated alkanes) is 2. The van der Waals surface area contributed by atoms with E-state index >= 15 is 0 Å². The van der Waals surface area contributed by atoms with Crippen LogP contribution in [0.2, 0.25) is 0 Å². The van der Waals surface area contributed by atoms with Crippen LogP contribution in [0.5, 0.6) is 0 Å². The SMILES string of the molecule is CCCCCO[SiH2]N(C(C)CC)C(C)CC. The standard InChI is InChI=1S/C13H31NOSi/c1-6-9-10-11-15-16-14(12(4)7-2)13(5)8-3/h12-13H,6-11,16H2,1-5H3. The van der Waals surface area contributed by atoms with E-state index in [1.54, 1.807) is 0 Å². The van der Waals surface area contributed by atoms with E-state index in [1.807, 2.05) is 0 Å². The summed E-state index contributed by atoms with van der Waals surface area (Å²) in [6.45, 7) is 12.4. The van der Waals surface area contributed by atoms with Crippen LogP contribution in [0.15, 0.2) is 0 Å². The molecule has 98 valence electrons. The Morgan fingerprint density at radius 2 is 1.56 bits per heavy atom. The minimum absolute atomic E-state index is 0.486. The van der Waals surface area contributed by atoms with Crippen molar-refractivity contribution in [2.45, 2.75) is 78.8 Å². The predicted octanol–water partition coefficient (Wildman–Crippen LogP) is 3.09. The van der Waals surface area contributed by atoms with Gasteiger partial charge in [0.25, 0.3) is 0 Å². The van der Waals surface area contributed by atoms with E-state index in [2.05, 4.69) is 39.2 Å². The summed E-state index contributed by atoms with van der Waals surface area (Å²) in [4.78, 5) is 0. The van der Waals surface area contributed by atoms with Crippen LogP contribution in [0, 0.1) is 0 Å². The molecule has 0 aliphatic rings. The Kier molecular flexibility index (Phi) is 10.4. The highest BCUT2D eigenvalue weighted by atomic mass is 28.2. The molecule has 0 N–H and O–H groups in total. The maximum atomic E-state index is 5.91. The normalized spacial score (nSPS) is 16.1. The molecule has 0 fully saturated rings. The molecule has 0 aromatic rings. The third-order valence-electron chi connectivity index (χ3n) is 3.45. The van der Waals surface area contributed by atoms with Gasteiger partial charge in [-0.25, -0.2) is 0 Å². The Morgan fingerprint density at radius 1 is 1.00 bits per heavy atom. The summed E-state index contributed by atoms with van der Waals surface area (Å²) in [6.07, 6.45) is 6.29. The van der Waals surface area contributed by atoms with Crippen LogP contribution in [0.25, 0.3) is 0 Å². The molecule has 0 spiro atoms. The smallest absolute Gasteiger partial charge is 0.238 e. The number of rotatable bonds is 10. The molecule has 3 heteroatoms. The van der Waals surface area contributed by atoms with Crippen molar-refractivity contribution in [3.63, 3.8) is 0 Å². The van der Waals surface area contributed by atoms with E-state index in [0.717, 1.165) is 6.61 Å². The van der Waals surface area contributed by atoms with Crippen LogP contribution < -0.4 is 0 Å². The molecule has 0 saturated carbocycles. The summed E-state index contributed by atoms with van der Waals surface area (Å²) < 4.78 is 8.53. The summed E-state index contributed by atoms with van der Waals surface area (Å²) in [6, 6.07) is 1.38. The number of hydrogen-bond donors (Lipinski definition) is 0. The lowest BCUT2D eigenvalue weighted by molar-refractivity contribution is 0.206. The van der Waals surface area contributed by atoms with Crippen LogP contribution in [0.4, 0.5) is 0 Å². The zero-order valence-corrected chi connectivity index (χ0v) is 13.4. The Labute approximate surface area is 105 Å². The first-order valence-corrected chi connectivity index (χ1v) is 8.21. The first kappa shape index (κ1) is 16.1. The third-order valence-corrected chi connectivity index (χ3v) is 5.46. The van der Waals surface area contributed by atoms with Crippen molar-refractivity contribution in [1.29, 1.82) is 0 Å². The van der Waals surface area contributed by atoms with Crippen molar-refractivity contribution >= 4 is 9.92 Å². The molecule has 0 amide bonds. The quantitative estimate of drug-likeness (QED) is 0.433. The predicted molar refractivity (Wildman–Crippen MR) is 75.4 cm³/mol. The molecule has 0 aliphatic carbocycles. The lowest BCUT2D eigenvalue weighted by Crippen LogP contribution is -2.43. The molecule has 0 rings (SSSR count). The zero-order valence-electron chi connectivity index (χ0n) is 12.0. The van der Waals surface area contributed by atoms with Crippen molar-refractivity contribution in [3.05, 3.63) is 0 Å². The van der Waals surface area contributed by atoms with E-state index in [9.17, 15) is 0 Å². The topological polar surface area (TPSA) is 12.5 Å². The Bertz CT molecular complexity index is 145. The van der Waals surface area contributed by atoms with Crippen molar-refractivity contribution in [1.82, 2.24) is 4.57 Å². The van der Waals surface area contributed by atoms with Gasteiger partial charge in [0, 0.05) is 18.7 Å². The first-order valence-electron chi connectivity index (χ1n) is 7.00. The van der Waals surface area contributed by atoms with Gasteiger partial charge in [-0.05, 0) is 19.3 Å². The van der Waals surface area contributed by atoms with E-state index < -0.39 is 9.92 Å². The number of nitrogens with zero attached hydrogens (tertiary/aromatic N) is 1. The zero-order chi connectivity index (χ0) is 12.4. The maximum absolute atomic E-state index is 5.91. The molecule has 0 heterocycles. The highest BCUT2D eigenvalue weighted by Gasteiger charge is 2.17. The van der Waals surface area contributed by atoms with Gasteiger partial charge in [-0.1, -0.05) is 47.5 Å². The van der Waals surface area contributed by atoms with Gasteiger partial charge in [-0.3, -0.25) is 0 Å². The van der Waals surface area contributed by atoms with Crippen LogP contribution >= 0.6 is 0 Å². The fraction of sp³-hybridized carbons (Fsp3) is 1.00. The van der Waals surface area contributed by atoms with Crippen molar-refractivity contribution in [2.75, 3.05) is 6.61 Å². The third kappa shape index (κ3) is 6.66. The second kappa shape index (κ2) is 10.3.